The number of halogens is 3. The Hall–Kier alpha value is -1.23. The molecule has 0 saturated carbocycles. The molecule has 0 bridgehead atoms. The van der Waals surface area contributed by atoms with Crippen LogP contribution < -0.4 is 10.1 Å². The zero-order chi connectivity index (χ0) is 15.9. The van der Waals surface area contributed by atoms with Gasteiger partial charge in [0.25, 0.3) is 0 Å². The third-order valence-corrected chi connectivity index (χ3v) is 3.04. The fourth-order valence-corrected chi connectivity index (χ4v) is 1.98. The van der Waals surface area contributed by atoms with Crippen LogP contribution in [0, 0.1) is 5.92 Å². The van der Waals surface area contributed by atoms with Crippen molar-refractivity contribution in [1.29, 1.82) is 0 Å². The maximum absolute atomic E-state index is 12.8. The molecule has 1 atom stereocenters. The van der Waals surface area contributed by atoms with Gasteiger partial charge in [-0.3, -0.25) is 0 Å². The van der Waals surface area contributed by atoms with E-state index in [0.717, 1.165) is 32.0 Å². The van der Waals surface area contributed by atoms with Gasteiger partial charge in [-0.05, 0) is 50.9 Å². The van der Waals surface area contributed by atoms with E-state index >= 15 is 0 Å². The van der Waals surface area contributed by atoms with Crippen molar-refractivity contribution in [3.63, 3.8) is 0 Å². The first-order chi connectivity index (χ1) is 9.80. The molecule has 1 rings (SSSR count). The van der Waals surface area contributed by atoms with Crippen LogP contribution in [0.15, 0.2) is 24.3 Å². The summed E-state index contributed by atoms with van der Waals surface area (Å²) < 4.78 is 44.0. The second kappa shape index (κ2) is 8.27. The van der Waals surface area contributed by atoms with E-state index in [1.807, 2.05) is 0 Å². The van der Waals surface area contributed by atoms with Gasteiger partial charge >= 0.3 is 6.18 Å². The van der Waals surface area contributed by atoms with Crippen LogP contribution in [0.3, 0.4) is 0 Å². The van der Waals surface area contributed by atoms with Crippen molar-refractivity contribution in [2.24, 2.45) is 5.92 Å². The minimum Gasteiger partial charge on any atom is -0.490 e. The van der Waals surface area contributed by atoms with Gasteiger partial charge < -0.3 is 10.1 Å². The number of hydrogen-bond acceptors (Lipinski definition) is 2. The molecule has 0 saturated heterocycles. The Morgan fingerprint density at radius 3 is 2.43 bits per heavy atom. The van der Waals surface area contributed by atoms with Crippen molar-refractivity contribution in [2.45, 2.75) is 45.9 Å². The molecule has 0 amide bonds. The fourth-order valence-electron chi connectivity index (χ4n) is 1.98. The average molecular weight is 303 g/mol. The normalized spacial score (nSPS) is 13.5. The van der Waals surface area contributed by atoms with Crippen molar-refractivity contribution in [3.05, 3.63) is 29.8 Å². The highest BCUT2D eigenvalue weighted by atomic mass is 19.4. The highest BCUT2D eigenvalue weighted by Gasteiger charge is 2.34. The summed E-state index contributed by atoms with van der Waals surface area (Å²) in [6.07, 6.45) is -3.02. The molecule has 2 nitrogen and oxygen atoms in total. The van der Waals surface area contributed by atoms with E-state index in [-0.39, 0.29) is 11.9 Å². The average Bonchev–Trinajstić information content (AvgIpc) is 2.37. The van der Waals surface area contributed by atoms with Crippen molar-refractivity contribution < 1.29 is 17.9 Å². The van der Waals surface area contributed by atoms with Crippen LogP contribution >= 0.6 is 0 Å². The van der Waals surface area contributed by atoms with E-state index in [1.54, 1.807) is 13.0 Å². The molecular weight excluding hydrogens is 279 g/mol. The predicted molar refractivity (Wildman–Crippen MR) is 78.5 cm³/mol. The molecule has 120 valence electrons. The lowest BCUT2D eigenvalue weighted by molar-refractivity contribution is -0.139. The van der Waals surface area contributed by atoms with Crippen LogP contribution in [-0.2, 0) is 6.18 Å². The van der Waals surface area contributed by atoms with Crippen molar-refractivity contribution >= 4 is 0 Å². The highest BCUT2D eigenvalue weighted by Crippen LogP contribution is 2.36. The molecule has 0 aromatic heterocycles. The van der Waals surface area contributed by atoms with E-state index in [0.29, 0.717) is 5.92 Å². The minimum atomic E-state index is -4.38. The summed E-state index contributed by atoms with van der Waals surface area (Å²) in [5.74, 6) is 0.505. The molecule has 0 heterocycles. The molecule has 0 aliphatic heterocycles. The van der Waals surface area contributed by atoms with Crippen LogP contribution in [0.25, 0.3) is 0 Å². The Morgan fingerprint density at radius 1 is 1.14 bits per heavy atom. The van der Waals surface area contributed by atoms with Crippen molar-refractivity contribution in [2.75, 3.05) is 13.1 Å². The quantitative estimate of drug-likeness (QED) is 0.714. The van der Waals surface area contributed by atoms with E-state index in [2.05, 4.69) is 19.2 Å². The summed E-state index contributed by atoms with van der Waals surface area (Å²) in [4.78, 5) is 0. The van der Waals surface area contributed by atoms with E-state index < -0.39 is 11.7 Å². The molecule has 0 aliphatic rings. The van der Waals surface area contributed by atoms with Gasteiger partial charge in [-0.25, -0.2) is 0 Å². The van der Waals surface area contributed by atoms with Crippen LogP contribution in [0.4, 0.5) is 13.2 Å². The summed E-state index contributed by atoms with van der Waals surface area (Å²) >= 11 is 0. The minimum absolute atomic E-state index is 0.0901. The number of rotatable bonds is 8. The van der Waals surface area contributed by atoms with Crippen molar-refractivity contribution in [1.82, 2.24) is 5.32 Å². The molecule has 5 heteroatoms. The van der Waals surface area contributed by atoms with Gasteiger partial charge in [0.15, 0.2) is 0 Å². The van der Waals surface area contributed by atoms with Gasteiger partial charge in [-0.2, -0.15) is 13.2 Å². The Balaban J connectivity index is 2.43. The summed E-state index contributed by atoms with van der Waals surface area (Å²) in [6, 6.07) is 5.35. The molecule has 1 unspecified atom stereocenters. The van der Waals surface area contributed by atoms with Gasteiger partial charge in [0.1, 0.15) is 5.75 Å². The summed E-state index contributed by atoms with van der Waals surface area (Å²) in [5, 5.41) is 3.30. The van der Waals surface area contributed by atoms with Crippen molar-refractivity contribution in [3.8, 4) is 5.75 Å². The third kappa shape index (κ3) is 6.85. The fraction of sp³-hybridized carbons (Fsp3) is 0.625. The Labute approximate surface area is 124 Å². The maximum atomic E-state index is 12.8. The molecule has 1 N–H and O–H groups in total. The monoisotopic (exact) mass is 303 g/mol. The Bertz CT molecular complexity index is 418. The van der Waals surface area contributed by atoms with Crippen LogP contribution in [0.1, 0.15) is 39.2 Å². The SMILES string of the molecule is CC(C)CNCCCC(C)Oc1ccccc1C(F)(F)F. The van der Waals surface area contributed by atoms with Gasteiger partial charge in [0.2, 0.25) is 0 Å². The zero-order valence-corrected chi connectivity index (χ0v) is 12.8. The first-order valence-electron chi connectivity index (χ1n) is 7.34. The molecule has 1 aromatic carbocycles. The Kier molecular flexibility index (Phi) is 7.02. The molecule has 1 aromatic rings. The van der Waals surface area contributed by atoms with Crippen LogP contribution in [0.2, 0.25) is 0 Å². The predicted octanol–water partition coefficient (Wildman–Crippen LogP) is 4.50. The second-order valence-electron chi connectivity index (χ2n) is 5.66. The molecule has 21 heavy (non-hydrogen) atoms. The topological polar surface area (TPSA) is 21.3 Å². The molecule has 0 radical (unpaired) electrons. The van der Waals surface area contributed by atoms with Gasteiger partial charge in [-0.15, -0.1) is 0 Å². The molecular formula is C16H24F3NO. The first kappa shape index (κ1) is 17.8. The standard InChI is InChI=1S/C16H24F3NO/c1-12(2)11-20-10-6-7-13(3)21-15-9-5-4-8-14(15)16(17,18)19/h4-5,8-9,12-13,20H,6-7,10-11H2,1-3H3. The third-order valence-electron chi connectivity index (χ3n) is 3.04. The molecule has 0 spiro atoms. The summed E-state index contributed by atoms with van der Waals surface area (Å²) in [6.45, 7) is 7.87. The molecule has 0 fully saturated rings. The van der Waals surface area contributed by atoms with E-state index in [9.17, 15) is 13.2 Å². The summed E-state index contributed by atoms with van der Waals surface area (Å²) in [7, 11) is 0. The lowest BCUT2D eigenvalue weighted by atomic mass is 10.1. The first-order valence-corrected chi connectivity index (χ1v) is 7.34. The number of benzene rings is 1. The molecule has 0 aliphatic carbocycles. The Morgan fingerprint density at radius 2 is 1.81 bits per heavy atom. The number of nitrogens with one attached hydrogen (secondary N) is 1. The number of para-hydroxylation sites is 1. The lowest BCUT2D eigenvalue weighted by Crippen LogP contribution is -2.22. The number of alkyl halides is 3. The van der Waals surface area contributed by atoms with Crippen LogP contribution in [0.5, 0.6) is 5.75 Å². The second-order valence-corrected chi connectivity index (χ2v) is 5.66. The van der Waals surface area contributed by atoms with Gasteiger partial charge in [0, 0.05) is 0 Å². The smallest absolute Gasteiger partial charge is 0.419 e. The van der Waals surface area contributed by atoms with E-state index in [4.69, 9.17) is 4.74 Å². The zero-order valence-electron chi connectivity index (χ0n) is 12.8. The van der Waals surface area contributed by atoms with E-state index in [1.165, 1.54) is 12.1 Å². The number of hydrogen-bond donors (Lipinski definition) is 1. The van der Waals surface area contributed by atoms with Gasteiger partial charge in [-0.1, -0.05) is 26.0 Å². The maximum Gasteiger partial charge on any atom is 0.419 e. The lowest BCUT2D eigenvalue weighted by Gasteiger charge is -2.18. The van der Waals surface area contributed by atoms with Crippen LogP contribution in [-0.4, -0.2) is 19.2 Å². The largest absolute Gasteiger partial charge is 0.490 e. The van der Waals surface area contributed by atoms with Gasteiger partial charge in [0.05, 0.1) is 11.7 Å². The highest BCUT2D eigenvalue weighted by molar-refractivity contribution is 5.35. The summed E-state index contributed by atoms with van der Waals surface area (Å²) in [5.41, 5.74) is -0.713. The number of ether oxygens (including phenoxy) is 1.